The molecule has 2 aromatic rings. The van der Waals surface area contributed by atoms with E-state index in [1.807, 2.05) is 88.4 Å². The van der Waals surface area contributed by atoms with E-state index in [2.05, 4.69) is 0 Å². The molecule has 0 aromatic heterocycles. The average Bonchev–Trinajstić information content (AvgIpc) is 2.52. The van der Waals surface area contributed by atoms with Gasteiger partial charge in [-0.1, -0.05) is 48.5 Å². The van der Waals surface area contributed by atoms with Crippen LogP contribution in [0.4, 0.5) is 0 Å². The summed E-state index contributed by atoms with van der Waals surface area (Å²) in [5.74, 6) is 0. The van der Waals surface area contributed by atoms with E-state index in [0.29, 0.717) is 0 Å². The Kier molecular flexibility index (Phi) is 7.12. The molecule has 1 atom stereocenters. The van der Waals surface area contributed by atoms with Crippen LogP contribution in [-0.2, 0) is 13.6 Å². The second-order valence-electron chi connectivity index (χ2n) is 6.04. The highest BCUT2D eigenvalue weighted by Crippen LogP contribution is 2.68. The number of thioether (sulfide) groups is 1. The second kappa shape index (κ2) is 8.87. The Morgan fingerprint density at radius 3 is 1.71 bits per heavy atom. The van der Waals surface area contributed by atoms with Crippen LogP contribution >= 0.6 is 19.4 Å². The maximum absolute atomic E-state index is 13.7. The highest BCUT2D eigenvalue weighted by Gasteiger charge is 2.40. The standard InChI is InChI=1S/C19H25O3PS/c1-15(2)21-23(20,22-16(3)4)19(17-11-7-5-8-12-17)24-18-13-9-6-10-14-18/h5-16,19H,1-4H3. The minimum Gasteiger partial charge on any atom is -0.305 e. The van der Waals surface area contributed by atoms with Crippen molar-refractivity contribution in [2.75, 3.05) is 0 Å². The Bertz CT molecular complexity index is 645. The summed E-state index contributed by atoms with van der Waals surface area (Å²) in [4.78, 5) is 0.622. The van der Waals surface area contributed by atoms with Gasteiger partial charge in [0, 0.05) is 4.90 Å². The SMILES string of the molecule is CC(C)OP(=O)(OC(C)C)C(Sc1ccccc1)c1ccccc1. The van der Waals surface area contributed by atoms with E-state index < -0.39 is 12.6 Å². The van der Waals surface area contributed by atoms with E-state index in [4.69, 9.17) is 9.05 Å². The van der Waals surface area contributed by atoms with Crippen LogP contribution in [0, 0.1) is 0 Å². The monoisotopic (exact) mass is 364 g/mol. The van der Waals surface area contributed by atoms with E-state index in [0.717, 1.165) is 10.5 Å². The lowest BCUT2D eigenvalue weighted by atomic mass is 10.2. The van der Waals surface area contributed by atoms with Crippen LogP contribution in [0.2, 0.25) is 0 Å². The van der Waals surface area contributed by atoms with Crippen molar-refractivity contribution in [2.45, 2.75) is 49.8 Å². The summed E-state index contributed by atoms with van der Waals surface area (Å²) in [5, 5.41) is 0. The third-order valence-electron chi connectivity index (χ3n) is 3.08. The molecule has 0 spiro atoms. The Balaban J connectivity index is 2.43. The molecule has 5 heteroatoms. The number of hydrogen-bond donors (Lipinski definition) is 0. The van der Waals surface area contributed by atoms with Gasteiger partial charge in [-0.25, -0.2) is 0 Å². The molecule has 0 bridgehead atoms. The fourth-order valence-corrected chi connectivity index (χ4v) is 6.31. The summed E-state index contributed by atoms with van der Waals surface area (Å²) < 4.78 is 25.4. The molecule has 0 aliphatic rings. The molecule has 3 nitrogen and oxygen atoms in total. The normalized spacial score (nSPS) is 13.4. The van der Waals surface area contributed by atoms with Gasteiger partial charge in [-0.3, -0.25) is 4.57 Å². The van der Waals surface area contributed by atoms with Gasteiger partial charge in [0.25, 0.3) is 0 Å². The van der Waals surface area contributed by atoms with Crippen molar-refractivity contribution >= 4 is 19.4 Å². The van der Waals surface area contributed by atoms with E-state index in [9.17, 15) is 4.57 Å². The van der Waals surface area contributed by atoms with Crippen LogP contribution in [0.5, 0.6) is 0 Å². The van der Waals surface area contributed by atoms with E-state index in [1.54, 1.807) is 0 Å². The maximum Gasteiger partial charge on any atom is 0.348 e. The van der Waals surface area contributed by atoms with Crippen molar-refractivity contribution in [1.82, 2.24) is 0 Å². The Labute approximate surface area is 149 Å². The first kappa shape index (κ1) is 19.3. The molecule has 2 aromatic carbocycles. The fourth-order valence-electron chi connectivity index (χ4n) is 2.28. The summed E-state index contributed by atoms with van der Waals surface area (Å²) in [6.07, 6.45) is -0.366. The van der Waals surface area contributed by atoms with Crippen molar-refractivity contribution < 1.29 is 13.6 Å². The van der Waals surface area contributed by atoms with Gasteiger partial charge in [-0.2, -0.15) is 0 Å². The minimum absolute atomic E-state index is 0.183. The molecule has 0 heterocycles. The minimum atomic E-state index is -3.37. The molecule has 130 valence electrons. The first-order valence-corrected chi connectivity index (χ1v) is 10.6. The molecule has 1 unspecified atom stereocenters. The lowest BCUT2D eigenvalue weighted by Gasteiger charge is -2.29. The Hall–Kier alpha value is -1.06. The van der Waals surface area contributed by atoms with Crippen LogP contribution in [-0.4, -0.2) is 12.2 Å². The van der Waals surface area contributed by atoms with Crippen molar-refractivity contribution in [2.24, 2.45) is 0 Å². The molecule has 0 amide bonds. The topological polar surface area (TPSA) is 35.5 Å². The molecule has 0 aliphatic carbocycles. The van der Waals surface area contributed by atoms with Crippen LogP contribution in [0.1, 0.15) is 38.2 Å². The molecule has 2 rings (SSSR count). The molecule has 0 saturated heterocycles. The van der Waals surface area contributed by atoms with Gasteiger partial charge in [0.05, 0.1) is 12.2 Å². The quantitative estimate of drug-likeness (QED) is 0.394. The highest BCUT2D eigenvalue weighted by molar-refractivity contribution is 8.05. The van der Waals surface area contributed by atoms with Gasteiger partial charge in [0.2, 0.25) is 0 Å². The first-order valence-electron chi connectivity index (χ1n) is 8.14. The molecular formula is C19H25O3PS. The molecule has 0 N–H and O–H groups in total. The maximum atomic E-state index is 13.7. The van der Waals surface area contributed by atoms with Gasteiger partial charge in [-0.15, -0.1) is 11.8 Å². The van der Waals surface area contributed by atoms with Crippen molar-refractivity contribution in [3.63, 3.8) is 0 Å². The van der Waals surface area contributed by atoms with Crippen molar-refractivity contribution in [3.05, 3.63) is 66.2 Å². The van der Waals surface area contributed by atoms with Gasteiger partial charge in [0.1, 0.15) is 4.99 Å². The third kappa shape index (κ3) is 5.49. The fraction of sp³-hybridized carbons (Fsp3) is 0.368. The van der Waals surface area contributed by atoms with Crippen molar-refractivity contribution in [1.29, 1.82) is 0 Å². The smallest absolute Gasteiger partial charge is 0.305 e. The molecular weight excluding hydrogens is 339 g/mol. The number of benzene rings is 2. The molecule has 0 fully saturated rings. The zero-order chi connectivity index (χ0) is 17.6. The summed E-state index contributed by atoms with van der Waals surface area (Å²) in [6.45, 7) is 7.52. The third-order valence-corrected chi connectivity index (χ3v) is 7.51. The molecule has 24 heavy (non-hydrogen) atoms. The van der Waals surface area contributed by atoms with E-state index in [-0.39, 0.29) is 12.2 Å². The lowest BCUT2D eigenvalue weighted by Crippen LogP contribution is -2.12. The summed E-state index contributed by atoms with van der Waals surface area (Å²) >= 11 is 1.52. The van der Waals surface area contributed by atoms with E-state index >= 15 is 0 Å². The van der Waals surface area contributed by atoms with Gasteiger partial charge < -0.3 is 9.05 Å². The molecule has 0 radical (unpaired) electrons. The predicted molar refractivity (Wildman–Crippen MR) is 102 cm³/mol. The zero-order valence-electron chi connectivity index (χ0n) is 14.6. The summed E-state index contributed by atoms with van der Waals surface area (Å²) in [6, 6.07) is 19.7. The summed E-state index contributed by atoms with van der Waals surface area (Å²) in [7, 11) is -3.37. The molecule has 0 aliphatic heterocycles. The Morgan fingerprint density at radius 2 is 1.25 bits per heavy atom. The van der Waals surface area contributed by atoms with Gasteiger partial charge >= 0.3 is 7.60 Å². The van der Waals surface area contributed by atoms with Crippen LogP contribution in [0.3, 0.4) is 0 Å². The highest BCUT2D eigenvalue weighted by atomic mass is 32.2. The number of rotatable bonds is 8. The van der Waals surface area contributed by atoms with Crippen LogP contribution in [0.25, 0.3) is 0 Å². The van der Waals surface area contributed by atoms with Crippen LogP contribution < -0.4 is 0 Å². The van der Waals surface area contributed by atoms with Gasteiger partial charge in [-0.05, 0) is 45.4 Å². The first-order chi connectivity index (χ1) is 11.4. The van der Waals surface area contributed by atoms with Gasteiger partial charge in [0.15, 0.2) is 0 Å². The predicted octanol–water partition coefficient (Wildman–Crippen LogP) is 6.52. The summed E-state index contributed by atoms with van der Waals surface area (Å²) in [5.41, 5.74) is 0.941. The number of hydrogen-bond acceptors (Lipinski definition) is 4. The molecule has 0 saturated carbocycles. The zero-order valence-corrected chi connectivity index (χ0v) is 16.3. The Morgan fingerprint density at radius 1 is 0.792 bits per heavy atom. The van der Waals surface area contributed by atoms with E-state index in [1.165, 1.54) is 11.8 Å². The van der Waals surface area contributed by atoms with Crippen molar-refractivity contribution in [3.8, 4) is 0 Å². The second-order valence-corrected chi connectivity index (χ2v) is 9.59. The largest absolute Gasteiger partial charge is 0.348 e. The van der Waals surface area contributed by atoms with Crippen LogP contribution in [0.15, 0.2) is 65.6 Å². The lowest BCUT2D eigenvalue weighted by molar-refractivity contribution is 0.141. The average molecular weight is 364 g/mol.